The Morgan fingerprint density at radius 1 is 1.24 bits per heavy atom. The number of halogens is 2. The Morgan fingerprint density at radius 2 is 2.00 bits per heavy atom. The molecule has 1 aliphatic carbocycles. The van der Waals surface area contributed by atoms with Crippen LogP contribution in [0.2, 0.25) is 0 Å². The summed E-state index contributed by atoms with van der Waals surface area (Å²) in [7, 11) is 0. The molecule has 5 rings (SSSR count). The quantitative estimate of drug-likeness (QED) is 0.514. The molecule has 178 valence electrons. The van der Waals surface area contributed by atoms with Gasteiger partial charge >= 0.3 is 0 Å². The molecule has 2 aliphatic rings. The van der Waals surface area contributed by atoms with E-state index in [4.69, 9.17) is 11.5 Å². The number of amides is 1. The van der Waals surface area contributed by atoms with Crippen molar-refractivity contribution in [3.05, 3.63) is 53.0 Å². The highest BCUT2D eigenvalue weighted by Gasteiger charge is 2.32. The molecule has 34 heavy (non-hydrogen) atoms. The molecule has 1 aromatic carbocycles. The number of nitrogens with zero attached hydrogens (tertiary/aromatic N) is 3. The van der Waals surface area contributed by atoms with Crippen LogP contribution >= 0.6 is 11.3 Å². The maximum atomic E-state index is 14.2. The molecule has 10 heteroatoms. The zero-order valence-corrected chi connectivity index (χ0v) is 19.6. The summed E-state index contributed by atoms with van der Waals surface area (Å²) >= 11 is 0.870. The van der Waals surface area contributed by atoms with Crippen LogP contribution in [0.15, 0.2) is 24.4 Å². The number of nitrogens with one attached hydrogen (secondary N) is 1. The van der Waals surface area contributed by atoms with Crippen molar-refractivity contribution >= 4 is 33.6 Å². The zero-order chi connectivity index (χ0) is 24.0. The molecule has 1 aliphatic heterocycles. The van der Waals surface area contributed by atoms with E-state index < -0.39 is 17.5 Å². The number of aromatic nitrogens is 2. The number of piperidine rings is 1. The van der Waals surface area contributed by atoms with Gasteiger partial charge in [-0.2, -0.15) is 0 Å². The van der Waals surface area contributed by atoms with E-state index in [9.17, 15) is 13.6 Å². The fourth-order valence-electron chi connectivity index (χ4n) is 4.89. The third-order valence-electron chi connectivity index (χ3n) is 6.42. The fraction of sp³-hybridized carbons (Fsp3) is 0.375. The van der Waals surface area contributed by atoms with E-state index in [1.165, 1.54) is 6.07 Å². The molecule has 3 heterocycles. The first kappa shape index (κ1) is 22.7. The number of carbonyl (C=O) groups is 1. The monoisotopic (exact) mass is 484 g/mol. The van der Waals surface area contributed by atoms with Crippen molar-refractivity contribution in [1.82, 2.24) is 9.97 Å². The van der Waals surface area contributed by atoms with Crippen molar-refractivity contribution in [3.8, 4) is 10.6 Å². The Bertz CT molecular complexity index is 1250. The SMILES string of the molecule is C[C@]1(N)CCCN(c2c(NC(=O)c3nc(-c4c(F)cccc4F)sc3N)cnc3c2CCC3)C1. The van der Waals surface area contributed by atoms with E-state index in [1.54, 1.807) is 6.20 Å². The van der Waals surface area contributed by atoms with Gasteiger partial charge in [0, 0.05) is 24.3 Å². The lowest BCUT2D eigenvalue weighted by Gasteiger charge is -2.40. The standard InChI is InChI=1S/C24H26F2N6OS/c1-24(28)9-4-10-32(12-24)20-13-5-2-8-16(13)29-11-17(20)30-22(33)19-21(27)34-23(31-19)18-14(25)6-3-7-15(18)26/h3,6-7,11H,2,4-5,8-10,12,27-28H2,1H3,(H,30,33)/t24-/m0/s1. The summed E-state index contributed by atoms with van der Waals surface area (Å²) in [5.74, 6) is -2.08. The van der Waals surface area contributed by atoms with Gasteiger partial charge in [0.2, 0.25) is 0 Å². The first-order valence-electron chi connectivity index (χ1n) is 11.3. The van der Waals surface area contributed by atoms with Crippen LogP contribution in [0.25, 0.3) is 10.6 Å². The molecule has 0 unspecified atom stereocenters. The molecule has 7 nitrogen and oxygen atoms in total. The number of benzene rings is 1. The van der Waals surface area contributed by atoms with Gasteiger partial charge in [0.25, 0.3) is 5.91 Å². The number of rotatable bonds is 4. The van der Waals surface area contributed by atoms with E-state index in [0.717, 1.165) is 79.1 Å². The van der Waals surface area contributed by atoms with Gasteiger partial charge in [-0.25, -0.2) is 13.8 Å². The smallest absolute Gasteiger partial charge is 0.277 e. The van der Waals surface area contributed by atoms with Crippen LogP contribution in [0.1, 0.15) is 47.9 Å². The van der Waals surface area contributed by atoms with Crippen LogP contribution in [0.4, 0.5) is 25.2 Å². The van der Waals surface area contributed by atoms with Crippen molar-refractivity contribution in [2.45, 2.75) is 44.6 Å². The molecule has 1 atom stereocenters. The molecule has 3 aromatic rings. The predicted molar refractivity (Wildman–Crippen MR) is 130 cm³/mol. The van der Waals surface area contributed by atoms with Crippen LogP contribution < -0.4 is 21.7 Å². The summed E-state index contributed by atoms with van der Waals surface area (Å²) in [5.41, 5.74) is 15.5. The van der Waals surface area contributed by atoms with Gasteiger partial charge in [-0.3, -0.25) is 9.78 Å². The molecule has 5 N–H and O–H groups in total. The van der Waals surface area contributed by atoms with Gasteiger partial charge in [-0.15, -0.1) is 0 Å². The summed E-state index contributed by atoms with van der Waals surface area (Å²) < 4.78 is 28.5. The van der Waals surface area contributed by atoms with Gasteiger partial charge < -0.3 is 21.7 Å². The number of hydrogen-bond acceptors (Lipinski definition) is 7. The Hall–Kier alpha value is -3.11. The van der Waals surface area contributed by atoms with E-state index >= 15 is 0 Å². The molecular formula is C24H26F2N6OS. The van der Waals surface area contributed by atoms with Crippen molar-refractivity contribution < 1.29 is 13.6 Å². The summed E-state index contributed by atoms with van der Waals surface area (Å²) in [4.78, 5) is 24.2. The van der Waals surface area contributed by atoms with E-state index in [1.807, 2.05) is 6.92 Å². The third kappa shape index (κ3) is 4.12. The highest BCUT2D eigenvalue weighted by Crippen LogP contribution is 2.39. The largest absolute Gasteiger partial charge is 0.389 e. The van der Waals surface area contributed by atoms with Crippen molar-refractivity contribution in [1.29, 1.82) is 0 Å². The maximum Gasteiger partial charge on any atom is 0.277 e. The van der Waals surface area contributed by atoms with Crippen molar-refractivity contribution in [3.63, 3.8) is 0 Å². The first-order chi connectivity index (χ1) is 16.2. The molecular weight excluding hydrogens is 458 g/mol. The van der Waals surface area contributed by atoms with Crippen LogP contribution in [-0.4, -0.2) is 34.5 Å². The zero-order valence-electron chi connectivity index (χ0n) is 18.8. The maximum absolute atomic E-state index is 14.2. The Morgan fingerprint density at radius 3 is 2.74 bits per heavy atom. The number of thiazole rings is 1. The second-order valence-corrected chi connectivity index (χ2v) is 10.3. The predicted octanol–water partition coefficient (Wildman–Crippen LogP) is 4.12. The molecule has 1 saturated heterocycles. The third-order valence-corrected chi connectivity index (χ3v) is 7.32. The molecule has 2 aromatic heterocycles. The summed E-state index contributed by atoms with van der Waals surface area (Å²) in [5, 5.41) is 3.00. The van der Waals surface area contributed by atoms with Crippen molar-refractivity contribution in [2.75, 3.05) is 29.0 Å². The summed E-state index contributed by atoms with van der Waals surface area (Å²) in [6.07, 6.45) is 6.35. The highest BCUT2D eigenvalue weighted by molar-refractivity contribution is 7.19. The average molecular weight is 485 g/mol. The lowest BCUT2D eigenvalue weighted by atomic mass is 9.91. The fourth-order valence-corrected chi connectivity index (χ4v) is 5.77. The number of aryl methyl sites for hydroxylation is 1. The molecule has 1 amide bonds. The first-order valence-corrected chi connectivity index (χ1v) is 12.1. The number of carbonyl (C=O) groups excluding carboxylic acids is 1. The van der Waals surface area contributed by atoms with Crippen LogP contribution in [0.3, 0.4) is 0 Å². The number of nitrogen functional groups attached to an aromatic ring is 1. The average Bonchev–Trinajstić information content (AvgIpc) is 3.39. The Labute approximate surface area is 200 Å². The summed E-state index contributed by atoms with van der Waals surface area (Å²) in [6.45, 7) is 3.54. The van der Waals surface area contributed by atoms with Crippen LogP contribution in [-0.2, 0) is 12.8 Å². The Balaban J connectivity index is 1.49. The topological polar surface area (TPSA) is 110 Å². The second-order valence-electron chi connectivity index (χ2n) is 9.26. The van der Waals surface area contributed by atoms with Gasteiger partial charge in [-0.05, 0) is 56.7 Å². The van der Waals surface area contributed by atoms with Gasteiger partial charge in [-0.1, -0.05) is 17.4 Å². The number of anilines is 3. The van der Waals surface area contributed by atoms with E-state index in [2.05, 4.69) is 20.2 Å². The highest BCUT2D eigenvalue weighted by atomic mass is 32.1. The molecule has 1 fully saturated rings. The molecule has 0 saturated carbocycles. The van der Waals surface area contributed by atoms with Crippen LogP contribution in [0, 0.1) is 11.6 Å². The van der Waals surface area contributed by atoms with Gasteiger partial charge in [0.15, 0.2) is 5.69 Å². The van der Waals surface area contributed by atoms with Gasteiger partial charge in [0.05, 0.1) is 23.1 Å². The minimum atomic E-state index is -0.763. The normalized spacial score (nSPS) is 19.8. The van der Waals surface area contributed by atoms with E-state index in [0.29, 0.717) is 12.2 Å². The Kier molecular flexibility index (Phi) is 5.73. The second kappa shape index (κ2) is 8.59. The lowest BCUT2D eigenvalue weighted by Crippen LogP contribution is -2.52. The number of hydrogen-bond donors (Lipinski definition) is 3. The lowest BCUT2D eigenvalue weighted by molar-refractivity contribution is 0.102. The van der Waals surface area contributed by atoms with Crippen LogP contribution in [0.5, 0.6) is 0 Å². The molecule has 0 radical (unpaired) electrons. The number of pyridine rings is 1. The molecule has 0 spiro atoms. The van der Waals surface area contributed by atoms with E-state index in [-0.39, 0.29) is 26.8 Å². The number of fused-ring (bicyclic) bond motifs is 1. The summed E-state index contributed by atoms with van der Waals surface area (Å²) in [6, 6.07) is 3.55. The number of nitrogens with two attached hydrogens (primary N) is 2. The van der Waals surface area contributed by atoms with Crippen molar-refractivity contribution in [2.24, 2.45) is 5.73 Å². The minimum absolute atomic E-state index is 0.0143. The molecule has 0 bridgehead atoms. The van der Waals surface area contributed by atoms with Gasteiger partial charge in [0.1, 0.15) is 21.6 Å². The minimum Gasteiger partial charge on any atom is -0.389 e.